The Bertz CT molecular complexity index is 489. The lowest BCUT2D eigenvalue weighted by molar-refractivity contribution is -0.384. The molecule has 1 aromatic rings. The summed E-state index contributed by atoms with van der Waals surface area (Å²) in [5.41, 5.74) is 0.403. The van der Waals surface area contributed by atoms with Gasteiger partial charge >= 0.3 is 0 Å². The number of nitrogens with zero attached hydrogens (tertiary/aromatic N) is 1. The van der Waals surface area contributed by atoms with Crippen LogP contribution in [-0.2, 0) is 9.59 Å². The number of carbonyl (C=O) groups excluding carboxylic acids is 2. The summed E-state index contributed by atoms with van der Waals surface area (Å²) in [5.74, 6) is -0.682. The molecule has 0 heterocycles. The van der Waals surface area contributed by atoms with Crippen molar-refractivity contribution in [3.05, 3.63) is 34.4 Å². The highest BCUT2D eigenvalue weighted by atomic mass is 16.6. The summed E-state index contributed by atoms with van der Waals surface area (Å²) < 4.78 is 0. The lowest BCUT2D eigenvalue weighted by atomic mass is 10.3. The van der Waals surface area contributed by atoms with E-state index in [0.717, 1.165) is 0 Å². The van der Waals surface area contributed by atoms with E-state index in [-0.39, 0.29) is 30.6 Å². The van der Waals surface area contributed by atoms with Crippen molar-refractivity contribution >= 4 is 23.2 Å². The molecule has 0 aromatic heterocycles. The average Bonchev–Trinajstić information content (AvgIpc) is 2.42. The van der Waals surface area contributed by atoms with Crippen LogP contribution < -0.4 is 16.0 Å². The van der Waals surface area contributed by atoms with Crippen LogP contribution in [0.3, 0.4) is 0 Å². The summed E-state index contributed by atoms with van der Waals surface area (Å²) in [4.78, 5) is 32.3. The van der Waals surface area contributed by atoms with Gasteiger partial charge in [-0.1, -0.05) is 6.07 Å². The second-order valence-electron chi connectivity index (χ2n) is 3.61. The maximum Gasteiger partial charge on any atom is 0.271 e. The summed E-state index contributed by atoms with van der Waals surface area (Å²) in [7, 11) is 1.47. The maximum atomic E-state index is 11.4. The number of nitrogens with one attached hydrogen (secondary N) is 3. The zero-order chi connectivity index (χ0) is 14.3. The molecule has 19 heavy (non-hydrogen) atoms. The first-order chi connectivity index (χ1) is 9.02. The first-order valence-corrected chi connectivity index (χ1v) is 5.48. The highest BCUT2D eigenvalue weighted by Crippen LogP contribution is 2.16. The lowest BCUT2D eigenvalue weighted by Gasteiger charge is -2.07. The Balaban J connectivity index is 2.44. The summed E-state index contributed by atoms with van der Waals surface area (Å²) in [6.07, 6.45) is 0. The van der Waals surface area contributed by atoms with Gasteiger partial charge in [-0.05, 0) is 6.07 Å². The van der Waals surface area contributed by atoms with Crippen LogP contribution in [0.4, 0.5) is 11.4 Å². The Morgan fingerprint density at radius 1 is 1.26 bits per heavy atom. The van der Waals surface area contributed by atoms with Crippen molar-refractivity contribution in [2.24, 2.45) is 0 Å². The number of nitro groups is 1. The van der Waals surface area contributed by atoms with E-state index in [1.165, 1.54) is 25.2 Å². The number of benzene rings is 1. The van der Waals surface area contributed by atoms with E-state index in [1.54, 1.807) is 6.07 Å². The normalized spacial score (nSPS) is 9.53. The molecule has 0 fully saturated rings. The minimum absolute atomic E-state index is 0.0595. The van der Waals surface area contributed by atoms with E-state index >= 15 is 0 Å². The van der Waals surface area contributed by atoms with E-state index in [9.17, 15) is 19.7 Å². The maximum absolute atomic E-state index is 11.4. The third kappa shape index (κ3) is 5.02. The van der Waals surface area contributed by atoms with Gasteiger partial charge in [0.05, 0.1) is 18.0 Å². The SMILES string of the molecule is CNC(=O)CNC(=O)CNc1cccc([N+](=O)[O-])c1. The topological polar surface area (TPSA) is 113 Å². The highest BCUT2D eigenvalue weighted by molar-refractivity contribution is 5.86. The fourth-order valence-electron chi connectivity index (χ4n) is 1.24. The molecule has 0 aliphatic rings. The van der Waals surface area contributed by atoms with Gasteiger partial charge in [0, 0.05) is 24.9 Å². The first kappa shape index (κ1) is 14.4. The lowest BCUT2D eigenvalue weighted by Crippen LogP contribution is -2.37. The molecule has 2 amide bonds. The van der Waals surface area contributed by atoms with Crippen LogP contribution in [0.1, 0.15) is 0 Å². The van der Waals surface area contributed by atoms with Gasteiger partial charge in [0.2, 0.25) is 11.8 Å². The summed E-state index contributed by atoms with van der Waals surface area (Å²) in [5, 5.41) is 18.0. The molecule has 0 spiro atoms. The van der Waals surface area contributed by atoms with Gasteiger partial charge in [-0.3, -0.25) is 19.7 Å². The number of hydrogen-bond acceptors (Lipinski definition) is 5. The van der Waals surface area contributed by atoms with Gasteiger partial charge in [-0.25, -0.2) is 0 Å². The molecule has 0 aliphatic carbocycles. The van der Waals surface area contributed by atoms with Gasteiger partial charge in [0.25, 0.3) is 5.69 Å². The van der Waals surface area contributed by atoms with Crippen LogP contribution in [0.25, 0.3) is 0 Å². The van der Waals surface area contributed by atoms with Crippen LogP contribution in [-0.4, -0.2) is 36.9 Å². The van der Waals surface area contributed by atoms with E-state index in [1.807, 2.05) is 0 Å². The smallest absolute Gasteiger partial charge is 0.271 e. The molecule has 0 saturated carbocycles. The molecule has 102 valence electrons. The van der Waals surface area contributed by atoms with Crippen LogP contribution >= 0.6 is 0 Å². The quantitative estimate of drug-likeness (QED) is 0.490. The van der Waals surface area contributed by atoms with Crippen molar-refractivity contribution in [2.45, 2.75) is 0 Å². The molecule has 0 radical (unpaired) electrons. The van der Waals surface area contributed by atoms with Crippen molar-refractivity contribution in [2.75, 3.05) is 25.5 Å². The zero-order valence-electron chi connectivity index (χ0n) is 10.3. The van der Waals surface area contributed by atoms with Gasteiger partial charge in [0.15, 0.2) is 0 Å². The van der Waals surface area contributed by atoms with Gasteiger partial charge < -0.3 is 16.0 Å². The van der Waals surface area contributed by atoms with E-state index in [0.29, 0.717) is 5.69 Å². The number of hydrogen-bond donors (Lipinski definition) is 3. The number of amides is 2. The molecular formula is C11H14N4O4. The molecular weight excluding hydrogens is 252 g/mol. The molecule has 0 atom stereocenters. The standard InChI is InChI=1S/C11H14N4O4/c1-12-10(16)6-14-11(17)7-13-8-3-2-4-9(5-8)15(18)19/h2-5,13H,6-7H2,1H3,(H,12,16)(H,14,17). The molecule has 0 unspecified atom stereocenters. The second kappa shape index (κ2) is 6.94. The number of anilines is 1. The van der Waals surface area contributed by atoms with Gasteiger partial charge in [-0.15, -0.1) is 0 Å². The molecule has 0 aliphatic heterocycles. The van der Waals surface area contributed by atoms with Crippen molar-refractivity contribution < 1.29 is 14.5 Å². The van der Waals surface area contributed by atoms with Crippen molar-refractivity contribution in [1.82, 2.24) is 10.6 Å². The van der Waals surface area contributed by atoms with Gasteiger partial charge in [-0.2, -0.15) is 0 Å². The number of rotatable bonds is 6. The van der Waals surface area contributed by atoms with E-state index in [2.05, 4.69) is 16.0 Å². The predicted molar refractivity (Wildman–Crippen MR) is 68.7 cm³/mol. The molecule has 0 saturated heterocycles. The van der Waals surface area contributed by atoms with Gasteiger partial charge in [0.1, 0.15) is 0 Å². The summed E-state index contributed by atoms with van der Waals surface area (Å²) in [6, 6.07) is 5.81. The Morgan fingerprint density at radius 2 is 2.00 bits per heavy atom. The monoisotopic (exact) mass is 266 g/mol. The molecule has 1 rings (SSSR count). The minimum atomic E-state index is -0.517. The minimum Gasteiger partial charge on any atom is -0.376 e. The highest BCUT2D eigenvalue weighted by Gasteiger charge is 2.07. The number of nitro benzene ring substituents is 1. The average molecular weight is 266 g/mol. The van der Waals surface area contributed by atoms with Crippen LogP contribution in [0.2, 0.25) is 0 Å². The van der Waals surface area contributed by atoms with Crippen LogP contribution in [0.15, 0.2) is 24.3 Å². The Hall–Kier alpha value is -2.64. The Kier molecular flexibility index (Phi) is 5.27. The largest absolute Gasteiger partial charge is 0.376 e. The van der Waals surface area contributed by atoms with Crippen LogP contribution in [0, 0.1) is 10.1 Å². The van der Waals surface area contributed by atoms with Crippen molar-refractivity contribution in [3.63, 3.8) is 0 Å². The number of non-ortho nitro benzene ring substituents is 1. The van der Waals surface area contributed by atoms with Crippen molar-refractivity contribution in [3.8, 4) is 0 Å². The third-order valence-electron chi connectivity index (χ3n) is 2.23. The third-order valence-corrected chi connectivity index (χ3v) is 2.23. The van der Waals surface area contributed by atoms with E-state index < -0.39 is 4.92 Å². The zero-order valence-corrected chi connectivity index (χ0v) is 10.3. The first-order valence-electron chi connectivity index (χ1n) is 5.48. The fourth-order valence-corrected chi connectivity index (χ4v) is 1.24. The molecule has 1 aromatic carbocycles. The molecule has 0 bridgehead atoms. The van der Waals surface area contributed by atoms with Crippen LogP contribution in [0.5, 0.6) is 0 Å². The number of likely N-dealkylation sites (N-methyl/N-ethyl adjacent to an activating group) is 1. The molecule has 8 nitrogen and oxygen atoms in total. The fraction of sp³-hybridized carbons (Fsp3) is 0.273. The van der Waals surface area contributed by atoms with Crippen molar-refractivity contribution in [1.29, 1.82) is 0 Å². The molecule has 8 heteroatoms. The summed E-state index contributed by atoms with van der Waals surface area (Å²) >= 11 is 0. The number of carbonyl (C=O) groups is 2. The Morgan fingerprint density at radius 3 is 2.63 bits per heavy atom. The predicted octanol–water partition coefficient (Wildman–Crippen LogP) is -0.131. The second-order valence-corrected chi connectivity index (χ2v) is 3.61. The Labute approximate surface area is 109 Å². The molecule has 3 N–H and O–H groups in total. The van der Waals surface area contributed by atoms with E-state index in [4.69, 9.17) is 0 Å². The summed E-state index contributed by atoms with van der Waals surface area (Å²) in [6.45, 7) is -0.176.